The van der Waals surface area contributed by atoms with E-state index in [1.807, 2.05) is 19.1 Å². The third-order valence-electron chi connectivity index (χ3n) is 2.00. The first-order valence-corrected chi connectivity index (χ1v) is 4.81. The maximum Gasteiger partial charge on any atom is 0.330 e. The van der Waals surface area contributed by atoms with Gasteiger partial charge in [-0.05, 0) is 18.6 Å². The summed E-state index contributed by atoms with van der Waals surface area (Å²) >= 11 is 6.01. The number of hydrogen-bond acceptors (Lipinski definition) is 2. The van der Waals surface area contributed by atoms with E-state index in [1.54, 1.807) is 6.07 Å². The molecule has 1 aromatic carbocycles. The van der Waals surface area contributed by atoms with Gasteiger partial charge in [0.05, 0.1) is 10.7 Å². The van der Waals surface area contributed by atoms with Gasteiger partial charge in [-0.15, -0.1) is 6.58 Å². The number of carboxylic acids is 1. The summed E-state index contributed by atoms with van der Waals surface area (Å²) in [5, 5.41) is 12.1. The number of rotatable bonds is 4. The normalized spacial score (nSPS) is 11.9. The van der Waals surface area contributed by atoms with Crippen molar-refractivity contribution >= 4 is 23.3 Å². The number of nitrogens with one attached hydrogen (secondary N) is 1. The number of benzene rings is 1. The molecule has 15 heavy (non-hydrogen) atoms. The second-order valence-electron chi connectivity index (χ2n) is 3.13. The maximum atomic E-state index is 10.8. The Morgan fingerprint density at radius 1 is 1.67 bits per heavy atom. The van der Waals surface area contributed by atoms with Crippen molar-refractivity contribution in [3.63, 3.8) is 0 Å². The van der Waals surface area contributed by atoms with Crippen LogP contribution in [0, 0.1) is 6.92 Å². The smallest absolute Gasteiger partial charge is 0.330 e. The van der Waals surface area contributed by atoms with E-state index < -0.39 is 12.0 Å². The first-order valence-electron chi connectivity index (χ1n) is 4.43. The van der Waals surface area contributed by atoms with Crippen LogP contribution in [0.15, 0.2) is 30.9 Å². The summed E-state index contributed by atoms with van der Waals surface area (Å²) < 4.78 is 0. The summed E-state index contributed by atoms with van der Waals surface area (Å²) in [6.45, 7) is 5.30. The molecule has 0 amide bonds. The molecule has 0 spiro atoms. The van der Waals surface area contributed by atoms with Crippen LogP contribution >= 0.6 is 11.6 Å². The number of anilines is 1. The molecule has 1 aromatic rings. The van der Waals surface area contributed by atoms with Crippen molar-refractivity contribution in [3.05, 3.63) is 41.4 Å². The lowest BCUT2D eigenvalue weighted by Gasteiger charge is -2.13. The van der Waals surface area contributed by atoms with E-state index in [0.29, 0.717) is 10.7 Å². The predicted octanol–water partition coefficient (Wildman–Crippen LogP) is 2.70. The molecule has 1 atom stereocenters. The minimum atomic E-state index is -0.984. The van der Waals surface area contributed by atoms with Crippen molar-refractivity contribution in [1.82, 2.24) is 0 Å². The average molecular weight is 226 g/mol. The van der Waals surface area contributed by atoms with Gasteiger partial charge in [-0.2, -0.15) is 0 Å². The Balaban J connectivity index is 2.93. The molecule has 0 fully saturated rings. The molecule has 0 bridgehead atoms. The molecule has 0 saturated carbocycles. The highest BCUT2D eigenvalue weighted by Crippen LogP contribution is 2.25. The second kappa shape index (κ2) is 4.84. The molecule has 2 N–H and O–H groups in total. The van der Waals surface area contributed by atoms with Crippen LogP contribution in [-0.4, -0.2) is 17.1 Å². The lowest BCUT2D eigenvalue weighted by atomic mass is 10.2. The number of aliphatic carboxylic acids is 1. The first kappa shape index (κ1) is 11.6. The van der Waals surface area contributed by atoms with Crippen LogP contribution in [0.1, 0.15) is 5.56 Å². The van der Waals surface area contributed by atoms with E-state index in [2.05, 4.69) is 11.9 Å². The van der Waals surface area contributed by atoms with Crippen LogP contribution < -0.4 is 5.32 Å². The molecule has 0 saturated heterocycles. The van der Waals surface area contributed by atoms with Gasteiger partial charge in [-0.3, -0.25) is 0 Å². The molecule has 0 heterocycles. The van der Waals surface area contributed by atoms with Gasteiger partial charge in [-0.1, -0.05) is 29.8 Å². The predicted molar refractivity (Wildman–Crippen MR) is 61.4 cm³/mol. The zero-order valence-corrected chi connectivity index (χ0v) is 9.08. The molecule has 0 aromatic heterocycles. The largest absolute Gasteiger partial charge is 0.479 e. The van der Waals surface area contributed by atoms with Gasteiger partial charge in [-0.25, -0.2) is 4.79 Å². The van der Waals surface area contributed by atoms with Gasteiger partial charge >= 0.3 is 5.97 Å². The highest BCUT2D eigenvalue weighted by atomic mass is 35.5. The van der Waals surface area contributed by atoms with Gasteiger partial charge in [0, 0.05) is 0 Å². The van der Waals surface area contributed by atoms with Crippen molar-refractivity contribution < 1.29 is 9.90 Å². The topological polar surface area (TPSA) is 49.3 Å². The van der Waals surface area contributed by atoms with E-state index in [9.17, 15) is 4.79 Å². The molecule has 0 radical (unpaired) electrons. The van der Waals surface area contributed by atoms with E-state index in [-0.39, 0.29) is 0 Å². The molecular weight excluding hydrogens is 214 g/mol. The zero-order chi connectivity index (χ0) is 11.4. The van der Waals surface area contributed by atoms with E-state index in [1.165, 1.54) is 6.08 Å². The van der Waals surface area contributed by atoms with E-state index in [4.69, 9.17) is 16.7 Å². The Morgan fingerprint density at radius 2 is 2.33 bits per heavy atom. The Labute approximate surface area is 93.4 Å². The lowest BCUT2D eigenvalue weighted by Crippen LogP contribution is -2.26. The van der Waals surface area contributed by atoms with Gasteiger partial charge in [0.2, 0.25) is 0 Å². The quantitative estimate of drug-likeness (QED) is 0.775. The SMILES string of the molecule is C=CC(Nc1cccc(C)c1Cl)C(=O)O. The van der Waals surface area contributed by atoms with Crippen LogP contribution in [0.3, 0.4) is 0 Å². The third-order valence-corrected chi connectivity index (χ3v) is 2.51. The van der Waals surface area contributed by atoms with Gasteiger partial charge < -0.3 is 10.4 Å². The summed E-state index contributed by atoms with van der Waals surface area (Å²) in [4.78, 5) is 10.8. The summed E-state index contributed by atoms with van der Waals surface area (Å²) in [6.07, 6.45) is 1.32. The van der Waals surface area contributed by atoms with Crippen LogP contribution in [0.5, 0.6) is 0 Å². The zero-order valence-electron chi connectivity index (χ0n) is 8.33. The monoisotopic (exact) mass is 225 g/mol. The average Bonchev–Trinajstić information content (AvgIpc) is 2.19. The second-order valence-corrected chi connectivity index (χ2v) is 3.51. The lowest BCUT2D eigenvalue weighted by molar-refractivity contribution is -0.136. The van der Waals surface area contributed by atoms with Gasteiger partial charge in [0.15, 0.2) is 0 Å². The third kappa shape index (κ3) is 2.73. The number of hydrogen-bond donors (Lipinski definition) is 2. The van der Waals surface area contributed by atoms with Gasteiger partial charge in [0.1, 0.15) is 6.04 Å². The molecule has 4 heteroatoms. The highest BCUT2D eigenvalue weighted by molar-refractivity contribution is 6.34. The number of carbonyl (C=O) groups is 1. The molecule has 1 unspecified atom stereocenters. The van der Waals surface area contributed by atoms with E-state index >= 15 is 0 Å². The van der Waals surface area contributed by atoms with E-state index in [0.717, 1.165) is 5.56 Å². The van der Waals surface area contributed by atoms with Crippen LogP contribution in [0.2, 0.25) is 5.02 Å². The van der Waals surface area contributed by atoms with Crippen LogP contribution in [-0.2, 0) is 4.79 Å². The fourth-order valence-electron chi connectivity index (χ4n) is 1.15. The minimum absolute atomic E-state index is 0.533. The molecule has 80 valence electrons. The molecule has 1 rings (SSSR count). The molecular formula is C11H12ClNO2. The minimum Gasteiger partial charge on any atom is -0.479 e. The first-order chi connectivity index (χ1) is 7.06. The Kier molecular flexibility index (Phi) is 3.74. The van der Waals surface area contributed by atoms with Crippen LogP contribution in [0.4, 0.5) is 5.69 Å². The Hall–Kier alpha value is -1.48. The van der Waals surface area contributed by atoms with Crippen molar-refractivity contribution in [1.29, 1.82) is 0 Å². The van der Waals surface area contributed by atoms with Crippen molar-refractivity contribution in [2.24, 2.45) is 0 Å². The van der Waals surface area contributed by atoms with Crippen molar-refractivity contribution in [2.45, 2.75) is 13.0 Å². The van der Waals surface area contributed by atoms with Gasteiger partial charge in [0.25, 0.3) is 0 Å². The summed E-state index contributed by atoms with van der Waals surface area (Å²) in [7, 11) is 0. The fourth-order valence-corrected chi connectivity index (χ4v) is 1.33. The summed E-state index contributed by atoms with van der Waals surface area (Å²) in [6, 6.07) is 4.57. The number of halogens is 1. The van der Waals surface area contributed by atoms with Crippen LogP contribution in [0.25, 0.3) is 0 Å². The number of carboxylic acid groups (broad SMARTS) is 1. The molecule has 0 aliphatic carbocycles. The maximum absolute atomic E-state index is 10.8. The fraction of sp³-hybridized carbons (Fsp3) is 0.182. The number of aryl methyl sites for hydroxylation is 1. The summed E-state index contributed by atoms with van der Waals surface area (Å²) in [5.41, 5.74) is 1.50. The standard InChI is InChI=1S/C11H12ClNO2/c1-3-8(11(14)15)13-9-6-4-5-7(2)10(9)12/h3-6,8,13H,1H2,2H3,(H,14,15). The molecule has 0 aliphatic rings. The van der Waals surface area contributed by atoms with Crippen molar-refractivity contribution in [2.75, 3.05) is 5.32 Å². The summed E-state index contributed by atoms with van der Waals surface area (Å²) in [5.74, 6) is -0.984. The molecule has 0 aliphatic heterocycles. The Morgan fingerprint density at radius 3 is 2.87 bits per heavy atom. The van der Waals surface area contributed by atoms with Crippen molar-refractivity contribution in [3.8, 4) is 0 Å². The highest BCUT2D eigenvalue weighted by Gasteiger charge is 2.14. The Bertz CT molecular complexity index is 390. The molecule has 3 nitrogen and oxygen atoms in total.